The van der Waals surface area contributed by atoms with E-state index in [9.17, 15) is 4.79 Å². The summed E-state index contributed by atoms with van der Waals surface area (Å²) in [6.45, 7) is 0.482. The van der Waals surface area contributed by atoms with Crippen LogP contribution in [-0.2, 0) is 0 Å². The Kier molecular flexibility index (Phi) is 4.44. The molecule has 0 spiro atoms. The smallest absolute Gasteiger partial charge is 0.267 e. The fraction of sp³-hybridized carbons (Fsp3) is 0.308. The van der Waals surface area contributed by atoms with Crippen molar-refractivity contribution in [1.29, 1.82) is 0 Å². The van der Waals surface area contributed by atoms with Crippen molar-refractivity contribution >= 4 is 21.8 Å². The van der Waals surface area contributed by atoms with Gasteiger partial charge in [-0.05, 0) is 48.2 Å². The van der Waals surface area contributed by atoms with E-state index in [1.165, 1.54) is 0 Å². The number of hydrogen-bond donors (Lipinski definition) is 2. The van der Waals surface area contributed by atoms with Gasteiger partial charge < -0.3 is 14.7 Å². The number of aromatic amines is 1. The Hall–Kier alpha value is -1.53. The maximum Gasteiger partial charge on any atom is 0.267 e. The molecule has 0 saturated carbocycles. The Balaban J connectivity index is 1.98. The highest BCUT2D eigenvalue weighted by molar-refractivity contribution is 9.10. The van der Waals surface area contributed by atoms with Crippen molar-refractivity contribution in [3.05, 3.63) is 46.6 Å². The molecule has 6 heteroatoms. The summed E-state index contributed by atoms with van der Waals surface area (Å²) in [5.74, 6) is 0.696. The van der Waals surface area contributed by atoms with Crippen LogP contribution in [0.2, 0.25) is 0 Å². The highest BCUT2D eigenvalue weighted by Crippen LogP contribution is 2.18. The summed E-state index contributed by atoms with van der Waals surface area (Å²) in [5.41, 5.74) is 0.531. The normalized spacial score (nSPS) is 12.6. The predicted molar refractivity (Wildman–Crippen MR) is 76.0 cm³/mol. The van der Waals surface area contributed by atoms with Crippen LogP contribution in [0.3, 0.4) is 0 Å². The largest absolute Gasteiger partial charge is 0.468 e. The second-order valence-electron chi connectivity index (χ2n) is 4.44. The summed E-state index contributed by atoms with van der Waals surface area (Å²) in [6.07, 6.45) is 3.36. The molecular weight excluding hydrogens is 310 g/mol. The standard InChI is InChI=1S/C13H16BrN3O2/c1-17(2)11(12-4-3-5-19-12)8-16-13(18)10-6-9(14)7-15-10/h3-7,11,15H,8H2,1-2H3,(H,16,18)/t11-/m1/s1. The number of carbonyl (C=O) groups is 1. The van der Waals surface area contributed by atoms with E-state index < -0.39 is 0 Å². The first-order valence-corrected chi connectivity index (χ1v) is 6.69. The summed E-state index contributed by atoms with van der Waals surface area (Å²) in [5, 5.41) is 2.89. The maximum atomic E-state index is 11.9. The number of amides is 1. The first kappa shape index (κ1) is 13.9. The highest BCUT2D eigenvalue weighted by Gasteiger charge is 2.18. The molecule has 0 saturated heterocycles. The van der Waals surface area contributed by atoms with Crippen molar-refractivity contribution in [2.45, 2.75) is 6.04 Å². The number of rotatable bonds is 5. The van der Waals surface area contributed by atoms with E-state index in [0.717, 1.165) is 10.2 Å². The van der Waals surface area contributed by atoms with Crippen molar-refractivity contribution in [3.63, 3.8) is 0 Å². The van der Waals surface area contributed by atoms with Gasteiger partial charge in [0.15, 0.2) is 0 Å². The summed E-state index contributed by atoms with van der Waals surface area (Å²) in [6, 6.07) is 5.50. The Morgan fingerprint density at radius 1 is 1.58 bits per heavy atom. The third-order valence-electron chi connectivity index (χ3n) is 2.84. The molecule has 2 heterocycles. The van der Waals surface area contributed by atoms with Gasteiger partial charge in [-0.25, -0.2) is 0 Å². The van der Waals surface area contributed by atoms with E-state index >= 15 is 0 Å². The van der Waals surface area contributed by atoms with Gasteiger partial charge in [0.1, 0.15) is 11.5 Å². The van der Waals surface area contributed by atoms with Crippen LogP contribution >= 0.6 is 15.9 Å². The van der Waals surface area contributed by atoms with Crippen molar-refractivity contribution in [1.82, 2.24) is 15.2 Å². The third kappa shape index (κ3) is 3.48. The van der Waals surface area contributed by atoms with E-state index in [4.69, 9.17) is 4.42 Å². The first-order valence-electron chi connectivity index (χ1n) is 5.90. The maximum absolute atomic E-state index is 11.9. The molecule has 0 bridgehead atoms. The zero-order chi connectivity index (χ0) is 13.8. The van der Waals surface area contributed by atoms with Gasteiger partial charge >= 0.3 is 0 Å². The zero-order valence-corrected chi connectivity index (χ0v) is 12.4. The van der Waals surface area contributed by atoms with E-state index in [-0.39, 0.29) is 11.9 Å². The van der Waals surface area contributed by atoms with Crippen LogP contribution in [0.4, 0.5) is 0 Å². The number of nitrogens with zero attached hydrogens (tertiary/aromatic N) is 1. The topological polar surface area (TPSA) is 61.3 Å². The lowest BCUT2D eigenvalue weighted by atomic mass is 10.2. The van der Waals surface area contributed by atoms with Gasteiger partial charge in [0.05, 0.1) is 12.3 Å². The molecule has 0 aliphatic heterocycles. The first-order chi connectivity index (χ1) is 9.08. The van der Waals surface area contributed by atoms with Crippen molar-refractivity contribution < 1.29 is 9.21 Å². The predicted octanol–water partition coefficient (Wildman–Crippen LogP) is 2.40. The van der Waals surface area contributed by atoms with Gasteiger partial charge in [-0.15, -0.1) is 0 Å². The van der Waals surface area contributed by atoms with Gasteiger partial charge in [0, 0.05) is 17.2 Å². The van der Waals surface area contributed by atoms with E-state index in [1.54, 1.807) is 18.5 Å². The Morgan fingerprint density at radius 2 is 2.37 bits per heavy atom. The lowest BCUT2D eigenvalue weighted by molar-refractivity contribution is 0.0934. The van der Waals surface area contributed by atoms with Crippen LogP contribution in [-0.4, -0.2) is 36.4 Å². The number of nitrogens with one attached hydrogen (secondary N) is 2. The monoisotopic (exact) mass is 325 g/mol. The van der Waals surface area contributed by atoms with Gasteiger partial charge in [-0.2, -0.15) is 0 Å². The molecule has 0 fully saturated rings. The minimum Gasteiger partial charge on any atom is -0.468 e. The van der Waals surface area contributed by atoms with Crippen molar-refractivity contribution in [2.24, 2.45) is 0 Å². The molecule has 1 atom stereocenters. The lowest BCUT2D eigenvalue weighted by Crippen LogP contribution is -2.34. The Bertz CT molecular complexity index is 534. The second kappa shape index (κ2) is 6.08. The minimum absolute atomic E-state index is 0.0114. The molecule has 0 aliphatic rings. The molecule has 0 radical (unpaired) electrons. The SMILES string of the molecule is CN(C)[C@H](CNC(=O)c1cc(Br)c[nH]1)c1ccco1. The van der Waals surface area contributed by atoms with Gasteiger partial charge in [-0.3, -0.25) is 9.69 Å². The minimum atomic E-state index is -0.135. The summed E-state index contributed by atoms with van der Waals surface area (Å²) in [4.78, 5) is 16.8. The summed E-state index contributed by atoms with van der Waals surface area (Å²) in [7, 11) is 3.90. The number of halogens is 1. The molecule has 2 aromatic rings. The van der Waals surface area contributed by atoms with Crippen LogP contribution < -0.4 is 5.32 Å². The van der Waals surface area contributed by atoms with Crippen LogP contribution in [0.5, 0.6) is 0 Å². The molecule has 2 rings (SSSR count). The second-order valence-corrected chi connectivity index (χ2v) is 5.35. The summed E-state index contributed by atoms with van der Waals surface area (Å²) < 4.78 is 6.25. The van der Waals surface area contributed by atoms with E-state index in [1.807, 2.05) is 31.1 Å². The number of hydrogen-bond acceptors (Lipinski definition) is 3. The average Bonchev–Trinajstić information content (AvgIpc) is 3.00. The van der Waals surface area contributed by atoms with E-state index in [0.29, 0.717) is 12.2 Å². The van der Waals surface area contributed by atoms with Gasteiger partial charge in [0.2, 0.25) is 0 Å². The number of aromatic nitrogens is 1. The molecule has 1 amide bonds. The quantitative estimate of drug-likeness (QED) is 0.887. The number of likely N-dealkylation sites (N-methyl/N-ethyl adjacent to an activating group) is 1. The molecule has 0 aliphatic carbocycles. The lowest BCUT2D eigenvalue weighted by Gasteiger charge is -2.22. The fourth-order valence-corrected chi connectivity index (χ4v) is 2.15. The zero-order valence-electron chi connectivity index (χ0n) is 10.8. The number of carbonyl (C=O) groups excluding carboxylic acids is 1. The Labute approximate surface area is 120 Å². The molecule has 102 valence electrons. The molecule has 0 aromatic carbocycles. The molecule has 2 N–H and O–H groups in total. The van der Waals surface area contributed by atoms with Crippen molar-refractivity contribution in [3.8, 4) is 0 Å². The Morgan fingerprint density at radius 3 is 2.89 bits per heavy atom. The summed E-state index contributed by atoms with van der Waals surface area (Å²) >= 11 is 3.30. The van der Waals surface area contributed by atoms with Crippen molar-refractivity contribution in [2.75, 3.05) is 20.6 Å². The van der Waals surface area contributed by atoms with Crippen LogP contribution in [0.25, 0.3) is 0 Å². The number of H-pyrrole nitrogens is 1. The van der Waals surface area contributed by atoms with Crippen LogP contribution in [0.1, 0.15) is 22.3 Å². The highest BCUT2D eigenvalue weighted by atomic mass is 79.9. The molecule has 5 nitrogen and oxygen atoms in total. The molecule has 0 unspecified atom stereocenters. The average molecular weight is 326 g/mol. The molecule has 2 aromatic heterocycles. The van der Waals surface area contributed by atoms with E-state index in [2.05, 4.69) is 26.2 Å². The molecule has 19 heavy (non-hydrogen) atoms. The van der Waals surface area contributed by atoms with Gasteiger partial charge in [0.25, 0.3) is 5.91 Å². The fourth-order valence-electron chi connectivity index (χ4n) is 1.80. The van der Waals surface area contributed by atoms with Gasteiger partial charge in [-0.1, -0.05) is 0 Å². The number of furan rings is 1. The molecular formula is C13H16BrN3O2. The van der Waals surface area contributed by atoms with Crippen LogP contribution in [0, 0.1) is 0 Å². The van der Waals surface area contributed by atoms with Crippen LogP contribution in [0.15, 0.2) is 39.5 Å². The third-order valence-corrected chi connectivity index (χ3v) is 3.30.